The van der Waals surface area contributed by atoms with Crippen molar-refractivity contribution in [2.24, 2.45) is 0 Å². The molecule has 1 amide bonds. The van der Waals surface area contributed by atoms with Crippen LogP contribution in [0.3, 0.4) is 0 Å². The molecular formula is C15H22N2O4S. The molecule has 2 rings (SSSR count). The number of ether oxygens (including phenoxy) is 1. The van der Waals surface area contributed by atoms with Crippen molar-refractivity contribution in [1.29, 1.82) is 0 Å². The minimum Gasteiger partial charge on any atom is -0.376 e. The molecule has 0 radical (unpaired) electrons. The van der Waals surface area contributed by atoms with Gasteiger partial charge in [-0.2, -0.15) is 0 Å². The minimum absolute atomic E-state index is 0.0171. The molecule has 1 aromatic rings. The van der Waals surface area contributed by atoms with Gasteiger partial charge in [-0.3, -0.25) is 9.52 Å². The number of amides is 1. The maximum absolute atomic E-state index is 12.4. The Balaban J connectivity index is 2.12. The molecule has 1 aliphatic heterocycles. The summed E-state index contributed by atoms with van der Waals surface area (Å²) in [5, 5.41) is 2.88. The molecule has 7 heteroatoms. The van der Waals surface area contributed by atoms with E-state index in [9.17, 15) is 13.2 Å². The molecule has 0 bridgehead atoms. The highest BCUT2D eigenvalue weighted by molar-refractivity contribution is 7.92. The largest absolute Gasteiger partial charge is 0.376 e. The molecular weight excluding hydrogens is 304 g/mol. The van der Waals surface area contributed by atoms with Crippen LogP contribution in [-0.2, 0) is 14.8 Å². The molecule has 1 aliphatic rings. The Labute approximate surface area is 131 Å². The Bertz CT molecular complexity index is 624. The zero-order valence-corrected chi connectivity index (χ0v) is 13.7. The van der Waals surface area contributed by atoms with E-state index in [0.29, 0.717) is 11.3 Å². The average Bonchev–Trinajstić information content (AvgIpc) is 3.01. The normalized spacial score (nSPS) is 19.6. The topological polar surface area (TPSA) is 84.5 Å². The molecule has 2 unspecified atom stereocenters. The van der Waals surface area contributed by atoms with Crippen LogP contribution in [0.5, 0.6) is 0 Å². The Kier molecular flexibility index (Phi) is 5.42. The van der Waals surface area contributed by atoms with Crippen molar-refractivity contribution in [3.8, 4) is 0 Å². The van der Waals surface area contributed by atoms with Crippen LogP contribution in [0.2, 0.25) is 0 Å². The summed E-state index contributed by atoms with van der Waals surface area (Å²) in [5.74, 6) is -0.354. The van der Waals surface area contributed by atoms with Gasteiger partial charge in [-0.15, -0.1) is 0 Å². The molecule has 0 aromatic heterocycles. The number of sulfonamides is 1. The Morgan fingerprint density at radius 2 is 2.14 bits per heavy atom. The molecule has 122 valence electrons. The summed E-state index contributed by atoms with van der Waals surface area (Å²) >= 11 is 0. The lowest BCUT2D eigenvalue weighted by Crippen LogP contribution is -2.41. The van der Waals surface area contributed by atoms with E-state index >= 15 is 0 Å². The quantitative estimate of drug-likeness (QED) is 0.834. The van der Waals surface area contributed by atoms with Crippen LogP contribution in [-0.4, -0.2) is 38.8 Å². The number of carbonyl (C=O) groups is 1. The second-order valence-corrected chi connectivity index (χ2v) is 7.38. The lowest BCUT2D eigenvalue weighted by atomic mass is 10.1. The first-order valence-corrected chi connectivity index (χ1v) is 9.10. The lowest BCUT2D eigenvalue weighted by molar-refractivity contribution is 0.0713. The van der Waals surface area contributed by atoms with E-state index in [4.69, 9.17) is 4.74 Å². The molecule has 1 saturated heterocycles. The molecule has 0 saturated carbocycles. The standard InChI is InChI=1S/C15H22N2O4S/c1-3-22(19,20)17-13-8-5-4-7-12(13)15(18)16-11(2)14-9-6-10-21-14/h4-5,7-8,11,14,17H,3,6,9-10H2,1-2H3,(H,16,18). The Hall–Kier alpha value is -1.60. The molecule has 0 aliphatic carbocycles. The van der Waals surface area contributed by atoms with Gasteiger partial charge >= 0.3 is 0 Å². The van der Waals surface area contributed by atoms with Gasteiger partial charge in [0.15, 0.2) is 0 Å². The second kappa shape index (κ2) is 7.11. The first-order valence-electron chi connectivity index (χ1n) is 7.45. The summed E-state index contributed by atoms with van der Waals surface area (Å²) in [5.41, 5.74) is 0.603. The number of para-hydroxylation sites is 1. The maximum atomic E-state index is 12.4. The number of carbonyl (C=O) groups excluding carboxylic acids is 1. The van der Waals surface area contributed by atoms with Crippen LogP contribution in [0.4, 0.5) is 5.69 Å². The number of rotatable bonds is 6. The molecule has 1 heterocycles. The highest BCUT2D eigenvalue weighted by Crippen LogP contribution is 2.19. The van der Waals surface area contributed by atoms with Crippen LogP contribution in [0.15, 0.2) is 24.3 Å². The van der Waals surface area contributed by atoms with Gasteiger partial charge in [-0.25, -0.2) is 8.42 Å². The molecule has 1 fully saturated rings. The molecule has 2 N–H and O–H groups in total. The van der Waals surface area contributed by atoms with Gasteiger partial charge < -0.3 is 10.1 Å². The molecule has 1 aromatic carbocycles. The van der Waals surface area contributed by atoms with Crippen molar-refractivity contribution in [3.05, 3.63) is 29.8 Å². The van der Waals surface area contributed by atoms with Gasteiger partial charge in [-0.05, 0) is 38.8 Å². The number of hydrogen-bond acceptors (Lipinski definition) is 4. The van der Waals surface area contributed by atoms with Crippen molar-refractivity contribution < 1.29 is 17.9 Å². The van der Waals surface area contributed by atoms with E-state index < -0.39 is 10.0 Å². The van der Waals surface area contributed by atoms with Crippen LogP contribution in [0, 0.1) is 0 Å². The summed E-state index contributed by atoms with van der Waals surface area (Å²) < 4.78 is 31.4. The third-order valence-electron chi connectivity index (χ3n) is 3.70. The number of hydrogen-bond donors (Lipinski definition) is 2. The maximum Gasteiger partial charge on any atom is 0.253 e. The van der Waals surface area contributed by atoms with Crippen LogP contribution in [0.1, 0.15) is 37.0 Å². The van der Waals surface area contributed by atoms with Gasteiger partial charge in [-0.1, -0.05) is 12.1 Å². The highest BCUT2D eigenvalue weighted by Gasteiger charge is 2.25. The third-order valence-corrected chi connectivity index (χ3v) is 4.99. The number of benzene rings is 1. The third kappa shape index (κ3) is 4.20. The Morgan fingerprint density at radius 1 is 1.41 bits per heavy atom. The molecule has 0 spiro atoms. The van der Waals surface area contributed by atoms with E-state index in [-0.39, 0.29) is 23.8 Å². The van der Waals surface area contributed by atoms with Crippen molar-refractivity contribution >= 4 is 21.6 Å². The zero-order valence-electron chi connectivity index (χ0n) is 12.8. The first kappa shape index (κ1) is 16.8. The summed E-state index contributed by atoms with van der Waals surface area (Å²) in [6.07, 6.45) is 1.94. The van der Waals surface area contributed by atoms with Gasteiger partial charge in [0.25, 0.3) is 5.91 Å². The number of anilines is 1. The fourth-order valence-corrected chi connectivity index (χ4v) is 3.04. The smallest absolute Gasteiger partial charge is 0.253 e. The summed E-state index contributed by atoms with van der Waals surface area (Å²) in [6, 6.07) is 6.46. The summed E-state index contributed by atoms with van der Waals surface area (Å²) in [4.78, 5) is 12.4. The van der Waals surface area contributed by atoms with E-state index in [1.54, 1.807) is 31.2 Å². The SMILES string of the molecule is CCS(=O)(=O)Nc1ccccc1C(=O)NC(C)C1CCCO1. The molecule has 2 atom stereocenters. The zero-order chi connectivity index (χ0) is 16.2. The monoisotopic (exact) mass is 326 g/mol. The summed E-state index contributed by atoms with van der Waals surface area (Å²) in [6.45, 7) is 4.16. The number of nitrogens with one attached hydrogen (secondary N) is 2. The van der Waals surface area contributed by atoms with E-state index in [1.165, 1.54) is 0 Å². The van der Waals surface area contributed by atoms with Gasteiger partial charge in [0.05, 0.1) is 29.1 Å². The predicted octanol–water partition coefficient (Wildman–Crippen LogP) is 1.75. The molecule has 22 heavy (non-hydrogen) atoms. The van der Waals surface area contributed by atoms with Crippen LogP contribution in [0.25, 0.3) is 0 Å². The highest BCUT2D eigenvalue weighted by atomic mass is 32.2. The van der Waals surface area contributed by atoms with Crippen molar-refractivity contribution in [3.63, 3.8) is 0 Å². The molecule has 6 nitrogen and oxygen atoms in total. The fourth-order valence-electron chi connectivity index (χ4n) is 2.38. The Morgan fingerprint density at radius 3 is 2.77 bits per heavy atom. The average molecular weight is 326 g/mol. The van der Waals surface area contributed by atoms with Gasteiger partial charge in [0, 0.05) is 6.61 Å². The van der Waals surface area contributed by atoms with E-state index in [0.717, 1.165) is 19.4 Å². The first-order chi connectivity index (χ1) is 10.4. The van der Waals surface area contributed by atoms with Crippen molar-refractivity contribution in [2.45, 2.75) is 38.8 Å². The van der Waals surface area contributed by atoms with Gasteiger partial charge in [0.1, 0.15) is 0 Å². The van der Waals surface area contributed by atoms with E-state index in [1.807, 2.05) is 6.92 Å². The van der Waals surface area contributed by atoms with Gasteiger partial charge in [0.2, 0.25) is 10.0 Å². The summed E-state index contributed by atoms with van der Waals surface area (Å²) in [7, 11) is -3.43. The second-order valence-electron chi connectivity index (χ2n) is 5.36. The van der Waals surface area contributed by atoms with Crippen LogP contribution >= 0.6 is 0 Å². The van der Waals surface area contributed by atoms with Crippen molar-refractivity contribution in [1.82, 2.24) is 5.32 Å². The fraction of sp³-hybridized carbons (Fsp3) is 0.533. The van der Waals surface area contributed by atoms with Crippen LogP contribution < -0.4 is 10.0 Å². The lowest BCUT2D eigenvalue weighted by Gasteiger charge is -2.21. The predicted molar refractivity (Wildman–Crippen MR) is 85.4 cm³/mol. The van der Waals surface area contributed by atoms with Crippen molar-refractivity contribution in [2.75, 3.05) is 17.1 Å². The minimum atomic E-state index is -3.43. The van der Waals surface area contributed by atoms with E-state index in [2.05, 4.69) is 10.0 Å².